The zero-order valence-corrected chi connectivity index (χ0v) is 15.4. The lowest BCUT2D eigenvalue weighted by atomic mass is 10.2. The fourth-order valence-electron chi connectivity index (χ4n) is 2.26. The van der Waals surface area contributed by atoms with Crippen LogP contribution in [0.2, 0.25) is 0 Å². The highest BCUT2D eigenvalue weighted by Gasteiger charge is 2.14. The van der Waals surface area contributed by atoms with Gasteiger partial charge in [-0.05, 0) is 47.7 Å². The van der Waals surface area contributed by atoms with Gasteiger partial charge in [-0.15, -0.1) is 11.3 Å². The van der Waals surface area contributed by atoms with Crippen molar-refractivity contribution in [2.45, 2.75) is 13.5 Å². The Hall–Kier alpha value is -3.32. The van der Waals surface area contributed by atoms with Crippen LogP contribution in [0.1, 0.15) is 26.4 Å². The number of nitrogens with zero attached hydrogens (tertiary/aromatic N) is 1. The summed E-state index contributed by atoms with van der Waals surface area (Å²) in [5.74, 6) is -0.362. The normalized spacial score (nSPS) is 10.9. The van der Waals surface area contributed by atoms with Crippen molar-refractivity contribution in [3.63, 3.8) is 0 Å². The average molecular weight is 382 g/mol. The van der Waals surface area contributed by atoms with Crippen LogP contribution in [-0.4, -0.2) is 22.3 Å². The second-order valence-corrected chi connectivity index (χ2v) is 6.75. The number of hydrogen-bond acceptors (Lipinski definition) is 6. The van der Waals surface area contributed by atoms with Gasteiger partial charge in [-0.2, -0.15) is 5.10 Å². The summed E-state index contributed by atoms with van der Waals surface area (Å²) in [7, 11) is 0. The van der Waals surface area contributed by atoms with Crippen molar-refractivity contribution in [3.8, 4) is 17.2 Å². The lowest BCUT2D eigenvalue weighted by Crippen LogP contribution is -2.17. The molecule has 0 aliphatic rings. The number of ether oxygens (including phenoxy) is 1. The van der Waals surface area contributed by atoms with Gasteiger partial charge in [-0.25, -0.2) is 5.43 Å². The summed E-state index contributed by atoms with van der Waals surface area (Å²) < 4.78 is 5.75. The van der Waals surface area contributed by atoms with E-state index in [9.17, 15) is 15.0 Å². The Bertz CT molecular complexity index is 964. The molecule has 0 saturated carbocycles. The summed E-state index contributed by atoms with van der Waals surface area (Å²) in [5.41, 5.74) is 5.16. The number of thiophene rings is 1. The second kappa shape index (κ2) is 8.37. The van der Waals surface area contributed by atoms with Crippen LogP contribution in [0.5, 0.6) is 17.2 Å². The predicted molar refractivity (Wildman–Crippen MR) is 105 cm³/mol. The van der Waals surface area contributed by atoms with Gasteiger partial charge in [-0.1, -0.05) is 29.8 Å². The van der Waals surface area contributed by atoms with E-state index in [4.69, 9.17) is 4.74 Å². The number of aryl methyl sites for hydroxylation is 1. The molecular formula is C20H18N2O4S. The standard InChI is InChI=1S/C20H18N2O4S/c1-13-2-4-14(5-3-13)12-26-18-8-9-27-19(18)20(25)22-21-11-15-6-7-16(23)17(24)10-15/h2-11,23-24H,12H2,1H3,(H,22,25)/b21-11+. The number of phenolic OH excluding ortho intramolecular Hbond substituents is 2. The summed E-state index contributed by atoms with van der Waals surface area (Å²) in [6.07, 6.45) is 1.37. The van der Waals surface area contributed by atoms with Crippen molar-refractivity contribution >= 4 is 23.5 Å². The van der Waals surface area contributed by atoms with E-state index >= 15 is 0 Å². The molecule has 0 bridgehead atoms. The van der Waals surface area contributed by atoms with Crippen molar-refractivity contribution in [3.05, 3.63) is 75.5 Å². The minimum atomic E-state index is -0.386. The molecule has 27 heavy (non-hydrogen) atoms. The molecule has 0 saturated heterocycles. The second-order valence-electron chi connectivity index (χ2n) is 5.84. The highest BCUT2D eigenvalue weighted by molar-refractivity contribution is 7.12. The smallest absolute Gasteiger partial charge is 0.285 e. The molecule has 3 rings (SSSR count). The Morgan fingerprint density at radius 1 is 1.15 bits per heavy atom. The molecule has 3 N–H and O–H groups in total. The number of hydrazone groups is 1. The number of nitrogens with one attached hydrogen (secondary N) is 1. The molecule has 0 aliphatic carbocycles. The highest BCUT2D eigenvalue weighted by atomic mass is 32.1. The number of amides is 1. The molecule has 2 aromatic carbocycles. The van der Waals surface area contributed by atoms with Crippen LogP contribution >= 0.6 is 11.3 Å². The van der Waals surface area contributed by atoms with Gasteiger partial charge in [0.05, 0.1) is 6.21 Å². The number of aromatic hydroxyl groups is 2. The predicted octanol–water partition coefficient (Wildman–Crippen LogP) is 3.81. The van der Waals surface area contributed by atoms with Crippen LogP contribution < -0.4 is 10.2 Å². The molecule has 138 valence electrons. The molecule has 0 radical (unpaired) electrons. The number of carbonyl (C=O) groups excluding carboxylic acids is 1. The third-order valence-electron chi connectivity index (χ3n) is 3.73. The van der Waals surface area contributed by atoms with E-state index in [0.717, 1.165) is 5.56 Å². The maximum atomic E-state index is 12.3. The lowest BCUT2D eigenvalue weighted by Gasteiger charge is -2.07. The zero-order chi connectivity index (χ0) is 19.2. The Morgan fingerprint density at radius 3 is 2.67 bits per heavy atom. The van der Waals surface area contributed by atoms with E-state index in [1.807, 2.05) is 31.2 Å². The fraction of sp³-hybridized carbons (Fsp3) is 0.100. The number of carbonyl (C=O) groups is 1. The molecule has 0 fully saturated rings. The largest absolute Gasteiger partial charge is 0.504 e. The number of hydrogen-bond donors (Lipinski definition) is 3. The molecule has 1 amide bonds. The molecule has 0 spiro atoms. The van der Waals surface area contributed by atoms with Gasteiger partial charge in [0.15, 0.2) is 11.5 Å². The third-order valence-corrected chi connectivity index (χ3v) is 4.62. The first-order valence-corrected chi connectivity index (χ1v) is 9.02. The van der Waals surface area contributed by atoms with Crippen molar-refractivity contribution in [1.29, 1.82) is 0 Å². The maximum Gasteiger partial charge on any atom is 0.285 e. The molecule has 3 aromatic rings. The van der Waals surface area contributed by atoms with E-state index in [1.54, 1.807) is 17.5 Å². The van der Waals surface area contributed by atoms with Crippen LogP contribution in [0.4, 0.5) is 0 Å². The van der Waals surface area contributed by atoms with Gasteiger partial charge in [-0.3, -0.25) is 4.79 Å². The van der Waals surface area contributed by atoms with Gasteiger partial charge in [0.2, 0.25) is 0 Å². The summed E-state index contributed by atoms with van der Waals surface area (Å²) in [6.45, 7) is 2.39. The number of rotatable bonds is 6. The van der Waals surface area contributed by atoms with Gasteiger partial charge in [0.1, 0.15) is 17.2 Å². The van der Waals surface area contributed by atoms with Gasteiger partial charge in [0.25, 0.3) is 5.91 Å². The fourth-order valence-corrected chi connectivity index (χ4v) is 2.98. The van der Waals surface area contributed by atoms with Gasteiger partial charge >= 0.3 is 0 Å². The van der Waals surface area contributed by atoms with Gasteiger partial charge in [0, 0.05) is 0 Å². The minimum Gasteiger partial charge on any atom is -0.504 e. The van der Waals surface area contributed by atoms with Crippen LogP contribution in [0, 0.1) is 6.92 Å². The molecule has 0 atom stereocenters. The topological polar surface area (TPSA) is 91.2 Å². The first kappa shape index (κ1) is 18.5. The first-order valence-electron chi connectivity index (χ1n) is 8.14. The highest BCUT2D eigenvalue weighted by Crippen LogP contribution is 2.26. The average Bonchev–Trinajstić information content (AvgIpc) is 3.13. The summed E-state index contributed by atoms with van der Waals surface area (Å²) >= 11 is 1.26. The lowest BCUT2D eigenvalue weighted by molar-refractivity contribution is 0.0955. The number of phenols is 2. The first-order chi connectivity index (χ1) is 13.0. The van der Waals surface area contributed by atoms with E-state index in [0.29, 0.717) is 22.8 Å². The SMILES string of the molecule is Cc1ccc(COc2ccsc2C(=O)N/N=C/c2ccc(O)c(O)c2)cc1. The van der Waals surface area contributed by atoms with Crippen molar-refractivity contribution < 1.29 is 19.7 Å². The minimum absolute atomic E-state index is 0.217. The van der Waals surface area contributed by atoms with Crippen molar-refractivity contribution in [2.75, 3.05) is 0 Å². The molecule has 6 nitrogen and oxygen atoms in total. The van der Waals surface area contributed by atoms with Crippen LogP contribution in [0.25, 0.3) is 0 Å². The van der Waals surface area contributed by atoms with E-state index in [-0.39, 0.29) is 17.4 Å². The summed E-state index contributed by atoms with van der Waals surface area (Å²) in [4.78, 5) is 12.7. The van der Waals surface area contributed by atoms with Crippen LogP contribution in [0.3, 0.4) is 0 Å². The third kappa shape index (κ3) is 4.86. The molecular weight excluding hydrogens is 364 g/mol. The molecule has 1 aromatic heterocycles. The Labute approximate surface area is 160 Å². The van der Waals surface area contributed by atoms with E-state index < -0.39 is 0 Å². The molecule has 1 heterocycles. The van der Waals surface area contributed by atoms with Gasteiger partial charge < -0.3 is 14.9 Å². The number of benzene rings is 2. The van der Waals surface area contributed by atoms with Crippen molar-refractivity contribution in [1.82, 2.24) is 5.43 Å². The molecule has 0 aliphatic heterocycles. The van der Waals surface area contributed by atoms with E-state index in [1.165, 1.54) is 35.2 Å². The zero-order valence-electron chi connectivity index (χ0n) is 14.5. The van der Waals surface area contributed by atoms with Crippen LogP contribution in [-0.2, 0) is 6.61 Å². The Morgan fingerprint density at radius 2 is 1.93 bits per heavy atom. The summed E-state index contributed by atoms with van der Waals surface area (Å²) in [6, 6.07) is 14.0. The quantitative estimate of drug-likeness (QED) is 0.343. The molecule has 0 unspecified atom stereocenters. The van der Waals surface area contributed by atoms with Crippen molar-refractivity contribution in [2.24, 2.45) is 5.10 Å². The Balaban J connectivity index is 1.60. The molecule has 7 heteroatoms. The summed E-state index contributed by atoms with van der Waals surface area (Å²) in [5, 5.41) is 24.4. The maximum absolute atomic E-state index is 12.3. The van der Waals surface area contributed by atoms with E-state index in [2.05, 4.69) is 10.5 Å². The van der Waals surface area contributed by atoms with Crippen LogP contribution in [0.15, 0.2) is 59.0 Å². The Kier molecular flexibility index (Phi) is 5.73. The monoisotopic (exact) mass is 382 g/mol.